The third-order valence-corrected chi connectivity index (χ3v) is 4.60. The number of rotatable bonds is 13. The van der Waals surface area contributed by atoms with Gasteiger partial charge < -0.3 is 20.1 Å². The fraction of sp³-hybridized carbons (Fsp3) is 0.417. The summed E-state index contributed by atoms with van der Waals surface area (Å²) in [5.74, 6) is 0.416. The van der Waals surface area contributed by atoms with Crippen LogP contribution >= 0.6 is 0 Å². The van der Waals surface area contributed by atoms with Crippen LogP contribution in [0.25, 0.3) is 0 Å². The standard InChI is InChI=1S/C24H32N2O4/c1-3-4-5-6-18-30-22-14-10-20(11-15-22)24(28)26-21-12-8-19(9-13-21)23(27)25-16-7-17-29-2/h8-15H,3-7,16-18H2,1-2H3,(H,25,27)(H,26,28). The van der Waals surface area contributed by atoms with Crippen molar-refractivity contribution in [2.75, 3.05) is 32.2 Å². The van der Waals surface area contributed by atoms with Crippen LogP contribution in [0.4, 0.5) is 5.69 Å². The summed E-state index contributed by atoms with van der Waals surface area (Å²) in [4.78, 5) is 24.5. The third kappa shape index (κ3) is 8.25. The summed E-state index contributed by atoms with van der Waals surface area (Å²) < 4.78 is 10.7. The molecule has 2 aromatic rings. The normalized spacial score (nSPS) is 10.5. The Bertz CT molecular complexity index is 773. The minimum atomic E-state index is -0.207. The number of carbonyl (C=O) groups excluding carboxylic acids is 2. The minimum absolute atomic E-state index is 0.144. The maximum atomic E-state index is 12.4. The average molecular weight is 413 g/mol. The molecule has 0 aliphatic rings. The van der Waals surface area contributed by atoms with E-state index in [4.69, 9.17) is 9.47 Å². The fourth-order valence-electron chi connectivity index (χ4n) is 2.85. The van der Waals surface area contributed by atoms with Crippen LogP contribution < -0.4 is 15.4 Å². The van der Waals surface area contributed by atoms with Crippen LogP contribution in [-0.2, 0) is 4.74 Å². The summed E-state index contributed by atoms with van der Waals surface area (Å²) in [6.45, 7) is 4.04. The van der Waals surface area contributed by atoms with Crippen LogP contribution in [0, 0.1) is 0 Å². The van der Waals surface area contributed by atoms with Crippen molar-refractivity contribution in [2.45, 2.75) is 39.0 Å². The molecular formula is C24H32N2O4. The van der Waals surface area contributed by atoms with Gasteiger partial charge >= 0.3 is 0 Å². The zero-order valence-electron chi connectivity index (χ0n) is 17.9. The Hall–Kier alpha value is -2.86. The summed E-state index contributed by atoms with van der Waals surface area (Å²) >= 11 is 0. The van der Waals surface area contributed by atoms with Gasteiger partial charge in [-0.25, -0.2) is 0 Å². The summed E-state index contributed by atoms with van der Waals surface area (Å²) in [5, 5.41) is 5.67. The van der Waals surface area contributed by atoms with Crippen molar-refractivity contribution in [2.24, 2.45) is 0 Å². The van der Waals surface area contributed by atoms with Gasteiger partial charge in [0.25, 0.3) is 11.8 Å². The molecule has 6 nitrogen and oxygen atoms in total. The highest BCUT2D eigenvalue weighted by Crippen LogP contribution is 2.16. The second kappa shape index (κ2) is 13.4. The lowest BCUT2D eigenvalue weighted by atomic mass is 10.1. The van der Waals surface area contributed by atoms with Crippen molar-refractivity contribution in [1.82, 2.24) is 5.32 Å². The third-order valence-electron chi connectivity index (χ3n) is 4.60. The number of hydrogen-bond donors (Lipinski definition) is 2. The average Bonchev–Trinajstić information content (AvgIpc) is 2.77. The lowest BCUT2D eigenvalue weighted by molar-refractivity contribution is 0.0948. The summed E-state index contributed by atoms with van der Waals surface area (Å²) in [6, 6.07) is 13.9. The Morgan fingerprint density at radius 3 is 2.13 bits per heavy atom. The van der Waals surface area contributed by atoms with Gasteiger partial charge in [0.15, 0.2) is 0 Å². The predicted molar refractivity (Wildman–Crippen MR) is 119 cm³/mol. The van der Waals surface area contributed by atoms with Crippen LogP contribution in [0.1, 0.15) is 59.7 Å². The van der Waals surface area contributed by atoms with Gasteiger partial charge in [-0.05, 0) is 61.4 Å². The molecule has 0 aromatic heterocycles. The van der Waals surface area contributed by atoms with Crippen molar-refractivity contribution in [3.05, 3.63) is 59.7 Å². The molecule has 0 saturated heterocycles. The molecule has 0 saturated carbocycles. The van der Waals surface area contributed by atoms with Crippen LogP contribution in [0.3, 0.4) is 0 Å². The minimum Gasteiger partial charge on any atom is -0.494 e. The van der Waals surface area contributed by atoms with E-state index in [1.165, 1.54) is 19.3 Å². The number of benzene rings is 2. The molecule has 0 fully saturated rings. The quantitative estimate of drug-likeness (QED) is 0.469. The number of nitrogens with one attached hydrogen (secondary N) is 2. The predicted octanol–water partition coefficient (Wildman–Crippen LogP) is 4.66. The largest absolute Gasteiger partial charge is 0.494 e. The number of unbranched alkanes of at least 4 members (excludes halogenated alkanes) is 3. The second-order valence-corrected chi connectivity index (χ2v) is 7.07. The van der Waals surface area contributed by atoms with E-state index >= 15 is 0 Å². The maximum Gasteiger partial charge on any atom is 0.255 e. The van der Waals surface area contributed by atoms with E-state index < -0.39 is 0 Å². The van der Waals surface area contributed by atoms with Gasteiger partial charge in [-0.3, -0.25) is 9.59 Å². The molecule has 0 heterocycles. The molecule has 0 unspecified atom stereocenters. The molecular weight excluding hydrogens is 380 g/mol. The van der Waals surface area contributed by atoms with Crippen LogP contribution in [0.2, 0.25) is 0 Å². The molecule has 0 spiro atoms. The summed E-state index contributed by atoms with van der Waals surface area (Å²) in [5.41, 5.74) is 1.73. The number of anilines is 1. The number of carbonyl (C=O) groups is 2. The van der Waals surface area contributed by atoms with E-state index in [-0.39, 0.29) is 11.8 Å². The first-order chi connectivity index (χ1) is 14.6. The first-order valence-electron chi connectivity index (χ1n) is 10.6. The monoisotopic (exact) mass is 412 g/mol. The Morgan fingerprint density at radius 2 is 1.47 bits per heavy atom. The molecule has 30 heavy (non-hydrogen) atoms. The lowest BCUT2D eigenvalue weighted by Crippen LogP contribution is -2.25. The van der Waals surface area contributed by atoms with E-state index in [9.17, 15) is 9.59 Å². The highest BCUT2D eigenvalue weighted by Gasteiger charge is 2.08. The Labute approximate surface area is 179 Å². The topological polar surface area (TPSA) is 76.7 Å². The molecule has 6 heteroatoms. The molecule has 0 radical (unpaired) electrons. The van der Waals surface area contributed by atoms with E-state index in [1.807, 2.05) is 12.1 Å². The van der Waals surface area contributed by atoms with Crippen molar-refractivity contribution in [1.29, 1.82) is 0 Å². The van der Waals surface area contributed by atoms with Crippen molar-refractivity contribution < 1.29 is 19.1 Å². The first kappa shape index (κ1) is 23.4. The molecule has 2 rings (SSSR count). The Kier molecular flexibility index (Phi) is 10.4. The molecule has 0 aliphatic heterocycles. The van der Waals surface area contributed by atoms with E-state index in [0.29, 0.717) is 36.6 Å². The van der Waals surface area contributed by atoms with Crippen LogP contribution in [-0.4, -0.2) is 38.7 Å². The van der Waals surface area contributed by atoms with Gasteiger partial charge in [0.2, 0.25) is 0 Å². The van der Waals surface area contributed by atoms with E-state index in [2.05, 4.69) is 17.6 Å². The van der Waals surface area contributed by atoms with Gasteiger partial charge in [-0.2, -0.15) is 0 Å². The van der Waals surface area contributed by atoms with Crippen LogP contribution in [0.15, 0.2) is 48.5 Å². The SMILES string of the molecule is CCCCCCOc1ccc(C(=O)Nc2ccc(C(=O)NCCCOC)cc2)cc1. The highest BCUT2D eigenvalue weighted by molar-refractivity contribution is 6.04. The van der Waals surface area contributed by atoms with Gasteiger partial charge in [-0.15, -0.1) is 0 Å². The Morgan fingerprint density at radius 1 is 0.800 bits per heavy atom. The molecule has 162 valence electrons. The molecule has 0 aliphatic carbocycles. The zero-order chi connectivity index (χ0) is 21.6. The van der Waals surface area contributed by atoms with E-state index in [0.717, 1.165) is 18.6 Å². The maximum absolute atomic E-state index is 12.4. The Balaban J connectivity index is 1.80. The number of ether oxygens (including phenoxy) is 2. The van der Waals surface area contributed by atoms with Gasteiger partial charge in [-0.1, -0.05) is 26.2 Å². The number of methoxy groups -OCH3 is 1. The summed E-state index contributed by atoms with van der Waals surface area (Å²) in [6.07, 6.45) is 5.40. The van der Waals surface area contributed by atoms with Gasteiger partial charge in [0, 0.05) is 37.1 Å². The molecule has 2 amide bonds. The zero-order valence-corrected chi connectivity index (χ0v) is 17.9. The van der Waals surface area contributed by atoms with Crippen molar-refractivity contribution in [3.63, 3.8) is 0 Å². The molecule has 0 atom stereocenters. The van der Waals surface area contributed by atoms with Crippen molar-refractivity contribution in [3.8, 4) is 5.75 Å². The van der Waals surface area contributed by atoms with Crippen LogP contribution in [0.5, 0.6) is 5.75 Å². The smallest absolute Gasteiger partial charge is 0.255 e. The molecule has 0 bridgehead atoms. The van der Waals surface area contributed by atoms with Gasteiger partial charge in [0.1, 0.15) is 5.75 Å². The van der Waals surface area contributed by atoms with E-state index in [1.54, 1.807) is 43.5 Å². The number of hydrogen-bond acceptors (Lipinski definition) is 4. The highest BCUT2D eigenvalue weighted by atomic mass is 16.5. The van der Waals surface area contributed by atoms with Crippen molar-refractivity contribution >= 4 is 17.5 Å². The summed E-state index contributed by atoms with van der Waals surface area (Å²) in [7, 11) is 1.63. The first-order valence-corrected chi connectivity index (χ1v) is 10.6. The lowest BCUT2D eigenvalue weighted by Gasteiger charge is -2.09. The molecule has 2 aromatic carbocycles. The fourth-order valence-corrected chi connectivity index (χ4v) is 2.85. The number of amides is 2. The van der Waals surface area contributed by atoms with Gasteiger partial charge in [0.05, 0.1) is 6.61 Å². The molecule has 2 N–H and O–H groups in total. The second-order valence-electron chi connectivity index (χ2n) is 7.07.